The van der Waals surface area contributed by atoms with Gasteiger partial charge in [-0.15, -0.1) is 0 Å². The van der Waals surface area contributed by atoms with Crippen LogP contribution in [0.15, 0.2) is 24.3 Å². The Kier molecular flexibility index (Phi) is 4.17. The van der Waals surface area contributed by atoms with E-state index in [1.165, 1.54) is 12.1 Å². The number of carboxylic acid groups (broad SMARTS) is 1. The Hall–Kier alpha value is -2.05. The van der Waals surface area contributed by atoms with Crippen molar-refractivity contribution in [1.29, 1.82) is 0 Å². The van der Waals surface area contributed by atoms with Gasteiger partial charge in [-0.25, -0.2) is 4.79 Å². The molecule has 1 aliphatic carbocycles. The third kappa shape index (κ3) is 3.58. The van der Waals surface area contributed by atoms with Gasteiger partial charge in [-0.05, 0) is 30.4 Å². The molecule has 0 bridgehead atoms. The van der Waals surface area contributed by atoms with Crippen LogP contribution in [0.5, 0.6) is 0 Å². The van der Waals surface area contributed by atoms with Gasteiger partial charge >= 0.3 is 12.1 Å². The summed E-state index contributed by atoms with van der Waals surface area (Å²) in [6, 6.07) is 4.81. The summed E-state index contributed by atoms with van der Waals surface area (Å²) in [5, 5.41) is 11.4. The van der Waals surface area contributed by atoms with Gasteiger partial charge in [-0.3, -0.25) is 4.79 Å². The minimum Gasteiger partial charge on any atom is -0.480 e. The molecule has 2 rings (SSSR count). The zero-order chi connectivity index (χ0) is 16.5. The van der Waals surface area contributed by atoms with Crippen LogP contribution in [-0.2, 0) is 15.8 Å². The number of benzene rings is 1. The average Bonchev–Trinajstić information content (AvgIpc) is 3.18. The van der Waals surface area contributed by atoms with Crippen LogP contribution in [0.3, 0.4) is 0 Å². The molecule has 1 unspecified atom stereocenters. The van der Waals surface area contributed by atoms with Crippen LogP contribution in [0.25, 0.3) is 0 Å². The van der Waals surface area contributed by atoms with Crippen LogP contribution in [-0.4, -0.2) is 22.5 Å². The molecule has 0 saturated heterocycles. The van der Waals surface area contributed by atoms with Crippen molar-refractivity contribution in [2.24, 2.45) is 0 Å². The van der Waals surface area contributed by atoms with E-state index in [1.807, 2.05) is 0 Å². The monoisotopic (exact) mass is 315 g/mol. The first-order chi connectivity index (χ1) is 10.1. The topological polar surface area (TPSA) is 66.4 Å². The van der Waals surface area contributed by atoms with E-state index < -0.39 is 35.1 Å². The molecule has 7 heteroatoms. The molecule has 1 aliphatic rings. The highest BCUT2D eigenvalue weighted by atomic mass is 19.4. The maximum Gasteiger partial charge on any atom is 0.416 e. The van der Waals surface area contributed by atoms with Crippen molar-refractivity contribution in [2.45, 2.75) is 43.8 Å². The maximum atomic E-state index is 12.7. The summed E-state index contributed by atoms with van der Waals surface area (Å²) in [6.45, 7) is 1.63. The number of halogens is 3. The molecule has 1 aromatic rings. The average molecular weight is 315 g/mol. The van der Waals surface area contributed by atoms with Gasteiger partial charge in [-0.1, -0.05) is 25.1 Å². The van der Waals surface area contributed by atoms with Crippen LogP contribution in [0.1, 0.15) is 43.2 Å². The normalized spacial score (nSPS) is 17.6. The number of carbonyl (C=O) groups excluding carboxylic acids is 1. The van der Waals surface area contributed by atoms with Crippen LogP contribution < -0.4 is 5.32 Å². The third-order valence-corrected chi connectivity index (χ3v) is 3.81. The lowest BCUT2D eigenvalue weighted by molar-refractivity contribution is -0.143. The molecule has 0 aromatic heterocycles. The molecule has 2 N–H and O–H groups in total. The van der Waals surface area contributed by atoms with E-state index in [9.17, 15) is 22.8 Å². The predicted molar refractivity (Wildman–Crippen MR) is 72.2 cm³/mol. The number of carbonyl (C=O) groups is 2. The van der Waals surface area contributed by atoms with E-state index in [4.69, 9.17) is 5.11 Å². The fourth-order valence-corrected chi connectivity index (χ4v) is 2.25. The first-order valence-electron chi connectivity index (χ1n) is 6.86. The van der Waals surface area contributed by atoms with Gasteiger partial charge in [0.1, 0.15) is 5.54 Å². The number of amides is 1. The van der Waals surface area contributed by atoms with Gasteiger partial charge in [0.15, 0.2) is 0 Å². The lowest BCUT2D eigenvalue weighted by Crippen LogP contribution is -2.43. The first-order valence-corrected chi connectivity index (χ1v) is 6.86. The van der Waals surface area contributed by atoms with Gasteiger partial charge in [0.25, 0.3) is 0 Å². The summed E-state index contributed by atoms with van der Waals surface area (Å²) >= 11 is 0. The Morgan fingerprint density at radius 2 is 2.00 bits per heavy atom. The number of alkyl halides is 3. The molecular formula is C15H16F3NO3. The molecule has 120 valence electrons. The number of nitrogens with one attached hydrogen (secondary N) is 1. The second kappa shape index (κ2) is 5.62. The van der Waals surface area contributed by atoms with Crippen molar-refractivity contribution >= 4 is 11.9 Å². The quantitative estimate of drug-likeness (QED) is 0.878. The largest absolute Gasteiger partial charge is 0.480 e. The summed E-state index contributed by atoms with van der Waals surface area (Å²) in [7, 11) is 0. The molecule has 1 amide bonds. The Labute approximate surface area is 125 Å². The highest BCUT2D eigenvalue weighted by molar-refractivity contribution is 5.89. The summed E-state index contributed by atoms with van der Waals surface area (Å²) < 4.78 is 38.0. The second-order valence-corrected chi connectivity index (χ2v) is 5.66. The molecule has 1 atom stereocenters. The second-order valence-electron chi connectivity index (χ2n) is 5.66. The third-order valence-electron chi connectivity index (χ3n) is 3.81. The maximum absolute atomic E-state index is 12.7. The van der Waals surface area contributed by atoms with Gasteiger partial charge in [0.05, 0.1) is 5.56 Å². The minimum absolute atomic E-state index is 0.0592. The predicted octanol–water partition coefficient (Wildman–Crippen LogP) is 2.93. The van der Waals surface area contributed by atoms with Gasteiger partial charge in [0.2, 0.25) is 5.91 Å². The molecule has 0 heterocycles. The van der Waals surface area contributed by atoms with E-state index in [-0.39, 0.29) is 6.42 Å². The van der Waals surface area contributed by atoms with E-state index in [1.54, 1.807) is 6.92 Å². The zero-order valence-electron chi connectivity index (χ0n) is 11.9. The van der Waals surface area contributed by atoms with Crippen LogP contribution in [0.4, 0.5) is 13.2 Å². The lowest BCUT2D eigenvalue weighted by atomic mass is 9.95. The highest BCUT2D eigenvalue weighted by Gasteiger charge is 2.51. The van der Waals surface area contributed by atoms with Crippen LogP contribution in [0.2, 0.25) is 0 Å². The molecule has 0 spiro atoms. The smallest absolute Gasteiger partial charge is 0.416 e. The summed E-state index contributed by atoms with van der Waals surface area (Å²) in [5.41, 5.74) is -1.54. The molecular weight excluding hydrogens is 299 g/mol. The number of hydrogen-bond acceptors (Lipinski definition) is 2. The number of aliphatic carboxylic acids is 1. The Morgan fingerprint density at radius 3 is 2.50 bits per heavy atom. The van der Waals surface area contributed by atoms with Crippen molar-refractivity contribution in [3.8, 4) is 0 Å². The van der Waals surface area contributed by atoms with Crippen molar-refractivity contribution in [3.63, 3.8) is 0 Å². The number of rotatable bonds is 5. The fraction of sp³-hybridized carbons (Fsp3) is 0.467. The molecule has 0 radical (unpaired) electrons. The summed E-state index contributed by atoms with van der Waals surface area (Å²) in [6.07, 6.45) is -3.73. The Bertz CT molecular complexity index is 594. The molecule has 1 aromatic carbocycles. The first kappa shape index (κ1) is 16.3. The van der Waals surface area contributed by atoms with Crippen molar-refractivity contribution in [3.05, 3.63) is 35.4 Å². The van der Waals surface area contributed by atoms with Crippen molar-refractivity contribution < 1.29 is 27.9 Å². The molecule has 1 fully saturated rings. The zero-order valence-corrected chi connectivity index (χ0v) is 11.9. The van der Waals surface area contributed by atoms with E-state index in [2.05, 4.69) is 5.32 Å². The lowest BCUT2D eigenvalue weighted by Gasteiger charge is -2.17. The van der Waals surface area contributed by atoms with Gasteiger partial charge in [-0.2, -0.15) is 13.2 Å². The number of carboxylic acids is 1. The fourth-order valence-electron chi connectivity index (χ4n) is 2.25. The van der Waals surface area contributed by atoms with Crippen molar-refractivity contribution in [2.75, 3.05) is 0 Å². The SMILES string of the molecule is CC(CC(=O)NC1(C(=O)O)CC1)c1cccc(C(F)(F)F)c1. The summed E-state index contributed by atoms with van der Waals surface area (Å²) in [5.74, 6) is -1.98. The molecule has 4 nitrogen and oxygen atoms in total. The summed E-state index contributed by atoms with van der Waals surface area (Å²) in [4.78, 5) is 22.9. The van der Waals surface area contributed by atoms with E-state index in [0.717, 1.165) is 12.1 Å². The van der Waals surface area contributed by atoms with Gasteiger partial charge in [0, 0.05) is 6.42 Å². The molecule has 1 saturated carbocycles. The van der Waals surface area contributed by atoms with Crippen LogP contribution >= 0.6 is 0 Å². The van der Waals surface area contributed by atoms with E-state index >= 15 is 0 Å². The van der Waals surface area contributed by atoms with E-state index in [0.29, 0.717) is 18.4 Å². The standard InChI is InChI=1S/C15H16F3NO3/c1-9(7-12(20)19-14(5-6-14)13(21)22)10-3-2-4-11(8-10)15(16,17)18/h2-4,8-9H,5-7H2,1H3,(H,19,20)(H,21,22). The molecule has 22 heavy (non-hydrogen) atoms. The highest BCUT2D eigenvalue weighted by Crippen LogP contribution is 2.36. The molecule has 0 aliphatic heterocycles. The van der Waals surface area contributed by atoms with Crippen molar-refractivity contribution in [1.82, 2.24) is 5.32 Å². The van der Waals surface area contributed by atoms with Crippen LogP contribution in [0, 0.1) is 0 Å². The number of hydrogen-bond donors (Lipinski definition) is 2. The minimum atomic E-state index is -4.43. The Balaban J connectivity index is 2.02. The van der Waals surface area contributed by atoms with Gasteiger partial charge < -0.3 is 10.4 Å². The Morgan fingerprint density at radius 1 is 1.36 bits per heavy atom.